The fourth-order valence-corrected chi connectivity index (χ4v) is 4.05. The van der Waals surface area contributed by atoms with Crippen molar-refractivity contribution in [2.24, 2.45) is 16.8 Å². The molecule has 0 spiro atoms. The topological polar surface area (TPSA) is 86.7 Å². The molecule has 2 aromatic heterocycles. The van der Waals surface area contributed by atoms with Crippen molar-refractivity contribution in [3.8, 4) is 5.75 Å². The maximum Gasteiger partial charge on any atom is 0.332 e. The van der Waals surface area contributed by atoms with E-state index in [2.05, 4.69) is 4.99 Å². The summed E-state index contributed by atoms with van der Waals surface area (Å²) in [5, 5.41) is 0. The summed E-state index contributed by atoms with van der Waals surface area (Å²) in [4.78, 5) is 38.1. The van der Waals surface area contributed by atoms with Crippen molar-refractivity contribution in [3.05, 3.63) is 50.7 Å². The summed E-state index contributed by atoms with van der Waals surface area (Å²) in [6.45, 7) is 1.49. The molecule has 9 nitrogen and oxygen atoms in total. The zero-order valence-corrected chi connectivity index (χ0v) is 19.4. The third-order valence-electron chi connectivity index (χ3n) is 6.27. The lowest BCUT2D eigenvalue weighted by atomic mass is 10.2. The fourth-order valence-electron chi connectivity index (χ4n) is 4.05. The van der Waals surface area contributed by atoms with Gasteiger partial charge in [-0.15, -0.1) is 0 Å². The summed E-state index contributed by atoms with van der Waals surface area (Å²) in [6, 6.07) is 7.72. The Kier molecular flexibility index (Phi) is 5.55. The lowest BCUT2D eigenvalue weighted by molar-refractivity contribution is 0.414. The number of hydrogen-bond donors (Lipinski definition) is 0. The lowest BCUT2D eigenvalue weighted by Crippen LogP contribution is -2.41. The summed E-state index contributed by atoms with van der Waals surface area (Å²) in [7, 11) is 5.39. The number of ether oxygens (including phenoxy) is 1. The van der Waals surface area contributed by atoms with Gasteiger partial charge in [0.05, 0.1) is 20.0 Å². The standard InChI is InChI=1S/C24H30N6O3/c1-27(2)15-25-23-26-21-20(28(23)12-18-8-10-19(33-3)11-9-18)22(31)30(14-17-6-7-17)24(32)29(21)13-16-4-5-16/h8-11,15-17H,4-7,12-14H2,1-3H3. The molecule has 0 radical (unpaired) electrons. The van der Waals surface area contributed by atoms with Gasteiger partial charge in [0.1, 0.15) is 5.75 Å². The van der Waals surface area contributed by atoms with Gasteiger partial charge >= 0.3 is 5.69 Å². The van der Waals surface area contributed by atoms with Gasteiger partial charge in [0.15, 0.2) is 11.2 Å². The Balaban J connectivity index is 1.71. The minimum atomic E-state index is -0.277. The molecular weight excluding hydrogens is 420 g/mol. The Morgan fingerprint density at radius 2 is 1.67 bits per heavy atom. The summed E-state index contributed by atoms with van der Waals surface area (Å²) < 4.78 is 10.2. The van der Waals surface area contributed by atoms with Crippen LogP contribution in [0.1, 0.15) is 31.2 Å². The quantitative estimate of drug-likeness (QED) is 0.369. The average molecular weight is 451 g/mol. The second-order valence-corrected chi connectivity index (χ2v) is 9.42. The first kappa shape index (κ1) is 21.5. The molecular formula is C24H30N6O3. The molecule has 33 heavy (non-hydrogen) atoms. The van der Waals surface area contributed by atoms with E-state index in [1.165, 1.54) is 4.57 Å². The minimum Gasteiger partial charge on any atom is -0.497 e. The van der Waals surface area contributed by atoms with Gasteiger partial charge in [0.25, 0.3) is 5.56 Å². The molecule has 0 bridgehead atoms. The Hall–Kier alpha value is -3.36. The number of imidazole rings is 1. The van der Waals surface area contributed by atoms with E-state index in [9.17, 15) is 9.59 Å². The Labute approximate surface area is 191 Å². The molecule has 0 unspecified atom stereocenters. The highest BCUT2D eigenvalue weighted by atomic mass is 16.5. The highest BCUT2D eigenvalue weighted by molar-refractivity contribution is 5.75. The third-order valence-corrected chi connectivity index (χ3v) is 6.27. The third kappa shape index (κ3) is 4.44. The number of rotatable bonds is 9. The van der Waals surface area contributed by atoms with Crippen LogP contribution < -0.4 is 16.0 Å². The molecule has 174 valence electrons. The zero-order chi connectivity index (χ0) is 23.1. The van der Waals surface area contributed by atoms with E-state index >= 15 is 0 Å². The second-order valence-electron chi connectivity index (χ2n) is 9.42. The zero-order valence-electron chi connectivity index (χ0n) is 19.4. The van der Waals surface area contributed by atoms with E-state index in [1.807, 2.05) is 47.8 Å². The van der Waals surface area contributed by atoms with Crippen molar-refractivity contribution < 1.29 is 4.74 Å². The smallest absolute Gasteiger partial charge is 0.332 e. The molecule has 3 aromatic rings. The molecule has 5 rings (SSSR count). The molecule has 2 fully saturated rings. The second kappa shape index (κ2) is 8.53. The van der Waals surface area contributed by atoms with Crippen LogP contribution in [0.25, 0.3) is 11.2 Å². The van der Waals surface area contributed by atoms with E-state index in [-0.39, 0.29) is 11.2 Å². The number of nitrogens with zero attached hydrogens (tertiary/aromatic N) is 6. The number of benzene rings is 1. The van der Waals surface area contributed by atoms with Crippen LogP contribution in [0.3, 0.4) is 0 Å². The maximum atomic E-state index is 13.6. The van der Waals surface area contributed by atoms with E-state index in [1.54, 1.807) is 18.0 Å². The van der Waals surface area contributed by atoms with Crippen molar-refractivity contribution in [1.82, 2.24) is 23.6 Å². The molecule has 2 aliphatic carbocycles. The van der Waals surface area contributed by atoms with Crippen molar-refractivity contribution in [2.75, 3.05) is 21.2 Å². The van der Waals surface area contributed by atoms with Crippen molar-refractivity contribution >= 4 is 23.5 Å². The maximum absolute atomic E-state index is 13.6. The summed E-state index contributed by atoms with van der Waals surface area (Å²) in [5.41, 5.74) is 1.34. The molecule has 0 N–H and O–H groups in total. The van der Waals surface area contributed by atoms with Gasteiger partial charge in [-0.25, -0.2) is 9.79 Å². The molecule has 9 heteroatoms. The van der Waals surface area contributed by atoms with E-state index in [4.69, 9.17) is 9.72 Å². The van der Waals surface area contributed by atoms with Crippen LogP contribution in [-0.4, -0.2) is 51.1 Å². The Morgan fingerprint density at radius 1 is 1.03 bits per heavy atom. The number of fused-ring (bicyclic) bond motifs is 1. The highest BCUT2D eigenvalue weighted by Gasteiger charge is 2.29. The number of methoxy groups -OCH3 is 1. The normalized spacial score (nSPS) is 16.1. The van der Waals surface area contributed by atoms with Crippen LogP contribution in [-0.2, 0) is 19.6 Å². The van der Waals surface area contributed by atoms with Gasteiger partial charge in [-0.1, -0.05) is 12.1 Å². The first-order chi connectivity index (χ1) is 15.9. The van der Waals surface area contributed by atoms with Crippen LogP contribution in [0.15, 0.2) is 38.8 Å². The lowest BCUT2D eigenvalue weighted by Gasteiger charge is -2.12. The monoisotopic (exact) mass is 450 g/mol. The molecule has 0 saturated heterocycles. The molecule has 0 amide bonds. The van der Waals surface area contributed by atoms with Crippen molar-refractivity contribution in [2.45, 2.75) is 45.3 Å². The summed E-state index contributed by atoms with van der Waals surface area (Å²) >= 11 is 0. The van der Waals surface area contributed by atoms with Gasteiger partial charge in [0, 0.05) is 27.2 Å². The van der Waals surface area contributed by atoms with Crippen LogP contribution in [0.5, 0.6) is 5.75 Å². The predicted octanol–water partition coefficient (Wildman–Crippen LogP) is 2.46. The van der Waals surface area contributed by atoms with Gasteiger partial charge in [-0.2, -0.15) is 4.98 Å². The first-order valence-corrected chi connectivity index (χ1v) is 11.5. The van der Waals surface area contributed by atoms with E-state index < -0.39 is 0 Å². The van der Waals surface area contributed by atoms with Crippen LogP contribution in [0.4, 0.5) is 5.95 Å². The van der Waals surface area contributed by atoms with Crippen molar-refractivity contribution in [3.63, 3.8) is 0 Å². The summed E-state index contributed by atoms with van der Waals surface area (Å²) in [5.74, 6) is 2.06. The van der Waals surface area contributed by atoms with Gasteiger partial charge in [0.2, 0.25) is 5.95 Å². The number of hydrogen-bond acceptors (Lipinski definition) is 5. The molecule has 1 aromatic carbocycles. The molecule has 0 aliphatic heterocycles. The molecule has 2 heterocycles. The van der Waals surface area contributed by atoms with Crippen LogP contribution in [0, 0.1) is 11.8 Å². The minimum absolute atomic E-state index is 0.247. The van der Waals surface area contributed by atoms with Gasteiger partial charge in [-0.3, -0.25) is 18.5 Å². The van der Waals surface area contributed by atoms with Crippen molar-refractivity contribution in [1.29, 1.82) is 0 Å². The fraction of sp³-hybridized carbons (Fsp3) is 0.500. The summed E-state index contributed by atoms with van der Waals surface area (Å²) in [6.07, 6.45) is 6.01. The van der Waals surface area contributed by atoms with Gasteiger partial charge in [-0.05, 0) is 55.2 Å². The Bertz CT molecular complexity index is 1310. The van der Waals surface area contributed by atoms with Crippen LogP contribution in [0.2, 0.25) is 0 Å². The van der Waals surface area contributed by atoms with E-state index in [0.29, 0.717) is 48.6 Å². The predicted molar refractivity (Wildman–Crippen MR) is 128 cm³/mol. The average Bonchev–Trinajstić information content (AvgIpc) is 3.73. The van der Waals surface area contributed by atoms with E-state index in [0.717, 1.165) is 37.0 Å². The molecule has 2 saturated carbocycles. The number of aliphatic imine (C=N–C) groups is 1. The largest absolute Gasteiger partial charge is 0.497 e. The van der Waals surface area contributed by atoms with Crippen LogP contribution >= 0.6 is 0 Å². The Morgan fingerprint density at radius 3 is 2.24 bits per heavy atom. The molecule has 0 atom stereocenters. The highest BCUT2D eigenvalue weighted by Crippen LogP contribution is 2.32. The molecule has 2 aliphatic rings. The SMILES string of the molecule is COc1ccc(Cn2c(N=CN(C)C)nc3c2c(=O)n(CC2CC2)c(=O)n3CC2CC2)cc1. The first-order valence-electron chi connectivity index (χ1n) is 11.5. The van der Waals surface area contributed by atoms with Gasteiger partial charge < -0.3 is 9.64 Å². The number of aromatic nitrogens is 4.